The van der Waals surface area contributed by atoms with Crippen molar-refractivity contribution in [2.24, 2.45) is 11.8 Å². The Labute approximate surface area is 151 Å². The van der Waals surface area contributed by atoms with Gasteiger partial charge in [-0.3, -0.25) is 4.79 Å². The van der Waals surface area contributed by atoms with E-state index in [4.69, 9.17) is 5.11 Å². The topological polar surface area (TPSA) is 98.0 Å². The second-order valence-corrected chi connectivity index (χ2v) is 7.43. The first-order valence-electron chi connectivity index (χ1n) is 9.81. The molecule has 0 saturated heterocycles. The van der Waals surface area contributed by atoms with Crippen molar-refractivity contribution in [3.8, 4) is 0 Å². The Morgan fingerprint density at radius 1 is 1.08 bits per heavy atom. The molecule has 0 aromatic rings. The monoisotopic (exact) mass is 356 g/mol. The third kappa shape index (κ3) is 8.95. The summed E-state index contributed by atoms with van der Waals surface area (Å²) in [5.41, 5.74) is 0. The van der Waals surface area contributed by atoms with Crippen LogP contribution < -0.4 is 0 Å². The van der Waals surface area contributed by atoms with Gasteiger partial charge >= 0.3 is 0 Å². The summed E-state index contributed by atoms with van der Waals surface area (Å²) in [4.78, 5) is 12.1. The van der Waals surface area contributed by atoms with E-state index < -0.39 is 12.2 Å². The SMILES string of the molecule is CC(O)CCC[C@H](O)C=C[C@H]1[C@H](O)CC(=O)[C@@H]1CCCCCCCO. The minimum Gasteiger partial charge on any atom is -0.396 e. The van der Waals surface area contributed by atoms with E-state index in [9.17, 15) is 20.1 Å². The number of aliphatic hydroxyl groups excluding tert-OH is 4. The summed E-state index contributed by atoms with van der Waals surface area (Å²) in [7, 11) is 0. The Hall–Kier alpha value is -0.750. The molecular formula is C20H36O5. The van der Waals surface area contributed by atoms with Crippen molar-refractivity contribution in [1.29, 1.82) is 0 Å². The summed E-state index contributed by atoms with van der Waals surface area (Å²) in [6.07, 6.45) is 9.79. The van der Waals surface area contributed by atoms with Crippen LogP contribution in [0.5, 0.6) is 0 Å². The summed E-state index contributed by atoms with van der Waals surface area (Å²) < 4.78 is 0. The maximum atomic E-state index is 12.1. The normalized spacial score (nSPS) is 26.4. The number of unbranched alkanes of at least 4 members (excludes halogenated alkanes) is 4. The molecule has 0 aliphatic heterocycles. The van der Waals surface area contributed by atoms with Gasteiger partial charge in [-0.25, -0.2) is 0 Å². The Morgan fingerprint density at radius 3 is 2.44 bits per heavy atom. The highest BCUT2D eigenvalue weighted by Crippen LogP contribution is 2.34. The van der Waals surface area contributed by atoms with Gasteiger partial charge in [0.2, 0.25) is 0 Å². The van der Waals surface area contributed by atoms with E-state index >= 15 is 0 Å². The van der Waals surface area contributed by atoms with Crippen molar-refractivity contribution in [1.82, 2.24) is 0 Å². The van der Waals surface area contributed by atoms with Crippen LogP contribution in [0.1, 0.15) is 71.1 Å². The lowest BCUT2D eigenvalue weighted by atomic mass is 9.88. The van der Waals surface area contributed by atoms with Crippen LogP contribution in [-0.4, -0.2) is 51.1 Å². The lowest BCUT2D eigenvalue weighted by molar-refractivity contribution is -0.121. The predicted octanol–water partition coefficient (Wildman–Crippen LogP) is 2.35. The molecule has 146 valence electrons. The summed E-state index contributed by atoms with van der Waals surface area (Å²) >= 11 is 0. The predicted molar refractivity (Wildman–Crippen MR) is 98.1 cm³/mol. The van der Waals surface area contributed by atoms with Crippen LogP contribution in [0.4, 0.5) is 0 Å². The quantitative estimate of drug-likeness (QED) is 0.300. The number of aliphatic hydroxyl groups is 4. The van der Waals surface area contributed by atoms with Gasteiger partial charge in [-0.05, 0) is 39.0 Å². The third-order valence-electron chi connectivity index (χ3n) is 5.08. The molecule has 0 heterocycles. The number of ketones is 1. The zero-order chi connectivity index (χ0) is 18.7. The van der Waals surface area contributed by atoms with Gasteiger partial charge in [-0.15, -0.1) is 0 Å². The summed E-state index contributed by atoms with van der Waals surface area (Å²) in [5, 5.41) is 38.2. The van der Waals surface area contributed by atoms with Crippen LogP contribution in [0.2, 0.25) is 0 Å². The molecule has 1 unspecified atom stereocenters. The molecule has 0 aromatic heterocycles. The lowest BCUT2D eigenvalue weighted by Crippen LogP contribution is -2.19. The number of rotatable bonds is 13. The Bertz CT molecular complexity index is 394. The fourth-order valence-corrected chi connectivity index (χ4v) is 3.57. The first-order valence-corrected chi connectivity index (χ1v) is 9.81. The molecule has 5 atom stereocenters. The Kier molecular flexibility index (Phi) is 11.2. The minimum atomic E-state index is -0.646. The standard InChI is InChI=1S/C20H36O5/c1-15(22)8-7-9-16(23)11-12-18-17(19(24)14-20(18)25)10-5-3-2-4-6-13-21/h11-12,15-18,20-23,25H,2-10,13-14H2,1H3/t15?,16-,17+,18+,20+/m0/s1. The van der Waals surface area contributed by atoms with Crippen molar-refractivity contribution in [2.45, 2.75) is 89.4 Å². The average Bonchev–Trinajstić information content (AvgIpc) is 2.81. The fraction of sp³-hybridized carbons (Fsp3) is 0.850. The van der Waals surface area contributed by atoms with Gasteiger partial charge in [-0.1, -0.05) is 37.8 Å². The molecule has 25 heavy (non-hydrogen) atoms. The van der Waals surface area contributed by atoms with Gasteiger partial charge in [0.25, 0.3) is 0 Å². The molecule has 5 nitrogen and oxygen atoms in total. The van der Waals surface area contributed by atoms with E-state index in [1.165, 1.54) is 0 Å². The minimum absolute atomic E-state index is 0.126. The van der Waals surface area contributed by atoms with Gasteiger partial charge in [0, 0.05) is 24.9 Å². The second-order valence-electron chi connectivity index (χ2n) is 7.43. The maximum Gasteiger partial charge on any atom is 0.139 e. The molecule has 1 rings (SSSR count). The van der Waals surface area contributed by atoms with Crippen molar-refractivity contribution < 1.29 is 25.2 Å². The molecule has 1 saturated carbocycles. The van der Waals surface area contributed by atoms with Crippen molar-refractivity contribution in [3.05, 3.63) is 12.2 Å². The smallest absolute Gasteiger partial charge is 0.139 e. The zero-order valence-corrected chi connectivity index (χ0v) is 15.5. The van der Waals surface area contributed by atoms with E-state index in [1.807, 2.05) is 6.08 Å². The first kappa shape index (κ1) is 22.3. The third-order valence-corrected chi connectivity index (χ3v) is 5.08. The fourth-order valence-electron chi connectivity index (χ4n) is 3.57. The molecule has 0 aromatic carbocycles. The number of carbonyl (C=O) groups is 1. The second kappa shape index (κ2) is 12.6. The van der Waals surface area contributed by atoms with E-state index in [0.717, 1.165) is 44.9 Å². The number of Topliss-reactive ketones (excluding diaryl/α,β-unsaturated/α-hetero) is 1. The average molecular weight is 357 g/mol. The molecule has 0 radical (unpaired) electrons. The van der Waals surface area contributed by atoms with Gasteiger partial charge in [0.05, 0.1) is 18.3 Å². The van der Waals surface area contributed by atoms with Crippen LogP contribution in [-0.2, 0) is 4.79 Å². The summed E-state index contributed by atoms with van der Waals surface area (Å²) in [6, 6.07) is 0. The molecule has 1 fully saturated rings. The molecule has 5 heteroatoms. The van der Waals surface area contributed by atoms with E-state index in [1.54, 1.807) is 13.0 Å². The van der Waals surface area contributed by atoms with Gasteiger partial charge in [0.1, 0.15) is 5.78 Å². The largest absolute Gasteiger partial charge is 0.396 e. The zero-order valence-electron chi connectivity index (χ0n) is 15.5. The van der Waals surface area contributed by atoms with Crippen molar-refractivity contribution >= 4 is 5.78 Å². The highest BCUT2D eigenvalue weighted by molar-refractivity contribution is 5.84. The summed E-state index contributed by atoms with van der Waals surface area (Å²) in [5.74, 6) is -0.216. The number of hydrogen-bond acceptors (Lipinski definition) is 5. The van der Waals surface area contributed by atoms with Gasteiger partial charge < -0.3 is 20.4 Å². The molecule has 1 aliphatic carbocycles. The first-order chi connectivity index (χ1) is 12.0. The molecule has 0 bridgehead atoms. The highest BCUT2D eigenvalue weighted by atomic mass is 16.3. The van der Waals surface area contributed by atoms with Crippen LogP contribution in [0.25, 0.3) is 0 Å². The molecule has 0 amide bonds. The Morgan fingerprint density at radius 2 is 1.76 bits per heavy atom. The molecule has 4 N–H and O–H groups in total. The van der Waals surface area contributed by atoms with E-state index in [2.05, 4.69) is 0 Å². The van der Waals surface area contributed by atoms with Crippen LogP contribution in [0, 0.1) is 11.8 Å². The Balaban J connectivity index is 2.40. The van der Waals surface area contributed by atoms with Crippen molar-refractivity contribution in [2.75, 3.05) is 6.61 Å². The summed E-state index contributed by atoms with van der Waals surface area (Å²) in [6.45, 7) is 1.97. The molecule has 1 aliphatic rings. The number of carbonyl (C=O) groups excluding carboxylic acids is 1. The van der Waals surface area contributed by atoms with Gasteiger partial charge in [0.15, 0.2) is 0 Å². The lowest BCUT2D eigenvalue weighted by Gasteiger charge is -2.18. The van der Waals surface area contributed by atoms with E-state index in [-0.39, 0.29) is 36.8 Å². The van der Waals surface area contributed by atoms with Crippen molar-refractivity contribution in [3.63, 3.8) is 0 Å². The maximum absolute atomic E-state index is 12.1. The molecule has 0 spiro atoms. The van der Waals surface area contributed by atoms with Crippen LogP contribution >= 0.6 is 0 Å². The van der Waals surface area contributed by atoms with E-state index in [0.29, 0.717) is 12.8 Å². The van der Waals surface area contributed by atoms with Gasteiger partial charge in [-0.2, -0.15) is 0 Å². The van der Waals surface area contributed by atoms with Crippen LogP contribution in [0.3, 0.4) is 0 Å². The van der Waals surface area contributed by atoms with Crippen LogP contribution in [0.15, 0.2) is 12.2 Å². The molecular weight excluding hydrogens is 320 g/mol. The highest BCUT2D eigenvalue weighted by Gasteiger charge is 2.39. The number of hydrogen-bond donors (Lipinski definition) is 4.